The number of likely N-dealkylation sites (tertiary alicyclic amines) is 1. The molecule has 102 valence electrons. The van der Waals surface area contributed by atoms with Gasteiger partial charge in [0.15, 0.2) is 0 Å². The van der Waals surface area contributed by atoms with E-state index in [1.807, 2.05) is 0 Å². The molecule has 0 saturated carbocycles. The van der Waals surface area contributed by atoms with Gasteiger partial charge in [-0.25, -0.2) is 4.39 Å². The Morgan fingerprint density at radius 2 is 2.21 bits per heavy atom. The Labute approximate surface area is 114 Å². The van der Waals surface area contributed by atoms with Gasteiger partial charge in [-0.05, 0) is 30.5 Å². The minimum atomic E-state index is -0.878. The van der Waals surface area contributed by atoms with Crippen molar-refractivity contribution in [2.75, 3.05) is 13.1 Å². The minimum Gasteiger partial charge on any atom is -0.481 e. The highest BCUT2D eigenvalue weighted by atomic mass is 35.5. The average Bonchev–Trinajstić information content (AvgIpc) is 2.75. The summed E-state index contributed by atoms with van der Waals surface area (Å²) in [5, 5.41) is 8.95. The second-order valence-corrected chi connectivity index (χ2v) is 5.06. The molecule has 1 amide bonds. The van der Waals surface area contributed by atoms with Crippen molar-refractivity contribution in [3.8, 4) is 0 Å². The second-order valence-electron chi connectivity index (χ2n) is 4.63. The van der Waals surface area contributed by atoms with Gasteiger partial charge in [-0.1, -0.05) is 11.6 Å². The quantitative estimate of drug-likeness (QED) is 0.928. The summed E-state index contributed by atoms with van der Waals surface area (Å²) in [6.07, 6.45) is 0.667. The molecule has 6 heteroatoms. The van der Waals surface area contributed by atoms with Crippen LogP contribution in [0.25, 0.3) is 0 Å². The summed E-state index contributed by atoms with van der Waals surface area (Å²) in [6.45, 7) is 0.812. The third-order valence-electron chi connectivity index (χ3n) is 3.20. The molecule has 1 atom stereocenters. The summed E-state index contributed by atoms with van der Waals surface area (Å²) in [6, 6.07) is 3.91. The minimum absolute atomic E-state index is 0.0274. The highest BCUT2D eigenvalue weighted by Crippen LogP contribution is 2.23. The van der Waals surface area contributed by atoms with Crippen LogP contribution in [0.5, 0.6) is 0 Å². The van der Waals surface area contributed by atoms with E-state index in [9.17, 15) is 14.0 Å². The van der Waals surface area contributed by atoms with Crippen LogP contribution in [-0.4, -0.2) is 35.0 Å². The Morgan fingerprint density at radius 3 is 2.84 bits per heavy atom. The van der Waals surface area contributed by atoms with Crippen molar-refractivity contribution in [2.24, 2.45) is 5.92 Å². The number of carboxylic acids is 1. The van der Waals surface area contributed by atoms with Crippen LogP contribution >= 0.6 is 11.6 Å². The number of hydrogen-bond donors (Lipinski definition) is 1. The first kappa shape index (κ1) is 13.8. The van der Waals surface area contributed by atoms with E-state index >= 15 is 0 Å². The fourth-order valence-electron chi connectivity index (χ4n) is 2.26. The van der Waals surface area contributed by atoms with Crippen molar-refractivity contribution in [1.82, 2.24) is 4.90 Å². The molecule has 1 aliphatic rings. The number of hydrogen-bond acceptors (Lipinski definition) is 2. The molecule has 1 fully saturated rings. The number of carboxylic acid groups (broad SMARTS) is 1. The lowest BCUT2D eigenvalue weighted by Crippen LogP contribution is -2.29. The van der Waals surface area contributed by atoms with Gasteiger partial charge in [-0.3, -0.25) is 9.59 Å². The standard InChI is InChI=1S/C13H13ClFNO3/c14-9-1-2-10(11(15)6-9)13(19)16-4-3-8(7-16)5-12(17)18/h1-2,6,8H,3-5,7H2,(H,17,18). The summed E-state index contributed by atoms with van der Waals surface area (Å²) in [5.41, 5.74) is -0.0274. The molecule has 1 aromatic rings. The van der Waals surface area contributed by atoms with Crippen LogP contribution in [0.3, 0.4) is 0 Å². The molecule has 0 aromatic heterocycles. The molecule has 0 aliphatic carbocycles. The summed E-state index contributed by atoms with van der Waals surface area (Å²) in [5.74, 6) is -2.00. The van der Waals surface area contributed by atoms with E-state index < -0.39 is 17.7 Å². The van der Waals surface area contributed by atoms with Gasteiger partial charge in [-0.15, -0.1) is 0 Å². The number of benzene rings is 1. The maximum absolute atomic E-state index is 13.6. The zero-order valence-corrected chi connectivity index (χ0v) is 10.9. The van der Waals surface area contributed by atoms with Crippen molar-refractivity contribution < 1.29 is 19.1 Å². The molecular weight excluding hydrogens is 273 g/mol. The molecule has 1 aromatic carbocycles. The zero-order valence-electron chi connectivity index (χ0n) is 10.1. The van der Waals surface area contributed by atoms with Crippen molar-refractivity contribution in [3.05, 3.63) is 34.6 Å². The Bertz CT molecular complexity index is 521. The van der Waals surface area contributed by atoms with Crippen LogP contribution in [0.4, 0.5) is 4.39 Å². The van der Waals surface area contributed by atoms with E-state index in [-0.39, 0.29) is 22.9 Å². The Kier molecular flexibility index (Phi) is 4.04. The molecule has 0 radical (unpaired) electrons. The number of amides is 1. The molecule has 2 rings (SSSR count). The topological polar surface area (TPSA) is 57.6 Å². The van der Waals surface area contributed by atoms with Crippen LogP contribution in [0.15, 0.2) is 18.2 Å². The molecule has 19 heavy (non-hydrogen) atoms. The Morgan fingerprint density at radius 1 is 1.47 bits per heavy atom. The summed E-state index contributed by atoms with van der Waals surface area (Å²) >= 11 is 5.63. The monoisotopic (exact) mass is 285 g/mol. The maximum atomic E-state index is 13.6. The SMILES string of the molecule is O=C(O)CC1CCN(C(=O)c2ccc(Cl)cc2F)C1. The largest absolute Gasteiger partial charge is 0.481 e. The molecule has 0 spiro atoms. The van der Waals surface area contributed by atoms with Gasteiger partial charge in [-0.2, -0.15) is 0 Å². The molecule has 1 heterocycles. The van der Waals surface area contributed by atoms with E-state index in [0.29, 0.717) is 19.5 Å². The van der Waals surface area contributed by atoms with Crippen LogP contribution in [-0.2, 0) is 4.79 Å². The molecular formula is C13H13ClFNO3. The van der Waals surface area contributed by atoms with E-state index in [2.05, 4.69) is 0 Å². The Hall–Kier alpha value is -1.62. The highest BCUT2D eigenvalue weighted by molar-refractivity contribution is 6.30. The molecule has 1 unspecified atom stereocenters. The lowest BCUT2D eigenvalue weighted by molar-refractivity contribution is -0.138. The number of aliphatic carboxylic acids is 1. The fourth-order valence-corrected chi connectivity index (χ4v) is 2.42. The third-order valence-corrected chi connectivity index (χ3v) is 3.43. The van der Waals surface area contributed by atoms with Crippen molar-refractivity contribution in [3.63, 3.8) is 0 Å². The van der Waals surface area contributed by atoms with E-state index in [1.165, 1.54) is 17.0 Å². The van der Waals surface area contributed by atoms with Gasteiger partial charge < -0.3 is 10.0 Å². The molecule has 4 nitrogen and oxygen atoms in total. The van der Waals surface area contributed by atoms with Crippen LogP contribution in [0, 0.1) is 11.7 Å². The van der Waals surface area contributed by atoms with Crippen molar-refractivity contribution in [2.45, 2.75) is 12.8 Å². The summed E-state index contributed by atoms with van der Waals surface area (Å²) in [7, 11) is 0. The van der Waals surface area contributed by atoms with Crippen LogP contribution < -0.4 is 0 Å². The van der Waals surface area contributed by atoms with Crippen molar-refractivity contribution >= 4 is 23.5 Å². The first-order valence-corrected chi connectivity index (χ1v) is 6.31. The number of carbonyl (C=O) groups excluding carboxylic acids is 1. The number of rotatable bonds is 3. The van der Waals surface area contributed by atoms with Gasteiger partial charge >= 0.3 is 5.97 Å². The van der Waals surface area contributed by atoms with Gasteiger partial charge in [0.1, 0.15) is 5.82 Å². The van der Waals surface area contributed by atoms with Gasteiger partial charge in [0.2, 0.25) is 0 Å². The average molecular weight is 286 g/mol. The fraction of sp³-hybridized carbons (Fsp3) is 0.385. The zero-order chi connectivity index (χ0) is 14.0. The molecule has 1 N–H and O–H groups in total. The second kappa shape index (κ2) is 5.57. The van der Waals surface area contributed by atoms with E-state index in [0.717, 1.165) is 6.07 Å². The van der Waals surface area contributed by atoms with Gasteiger partial charge in [0, 0.05) is 24.5 Å². The molecule has 1 saturated heterocycles. The summed E-state index contributed by atoms with van der Waals surface area (Å²) in [4.78, 5) is 24.2. The number of carbonyl (C=O) groups is 2. The maximum Gasteiger partial charge on any atom is 0.303 e. The van der Waals surface area contributed by atoms with Crippen molar-refractivity contribution in [1.29, 1.82) is 0 Å². The third kappa shape index (κ3) is 3.23. The van der Waals surface area contributed by atoms with E-state index in [1.54, 1.807) is 0 Å². The summed E-state index contributed by atoms with van der Waals surface area (Å²) < 4.78 is 13.6. The number of nitrogens with zero attached hydrogens (tertiary/aromatic N) is 1. The van der Waals surface area contributed by atoms with Crippen LogP contribution in [0.1, 0.15) is 23.2 Å². The van der Waals surface area contributed by atoms with E-state index in [4.69, 9.17) is 16.7 Å². The van der Waals surface area contributed by atoms with Gasteiger partial charge in [0.05, 0.1) is 5.56 Å². The lowest BCUT2D eigenvalue weighted by atomic mass is 10.1. The normalized spacial score (nSPS) is 18.6. The Balaban J connectivity index is 2.07. The molecule has 1 aliphatic heterocycles. The highest BCUT2D eigenvalue weighted by Gasteiger charge is 2.29. The first-order chi connectivity index (χ1) is 8.97. The first-order valence-electron chi connectivity index (χ1n) is 5.93. The smallest absolute Gasteiger partial charge is 0.303 e. The lowest BCUT2D eigenvalue weighted by Gasteiger charge is -2.16. The predicted molar refractivity (Wildman–Crippen MR) is 67.7 cm³/mol. The molecule has 0 bridgehead atoms. The number of halogens is 2. The van der Waals surface area contributed by atoms with Crippen LogP contribution in [0.2, 0.25) is 5.02 Å². The van der Waals surface area contributed by atoms with Gasteiger partial charge in [0.25, 0.3) is 5.91 Å². The predicted octanol–water partition coefficient (Wildman–Crippen LogP) is 2.42.